The van der Waals surface area contributed by atoms with E-state index in [9.17, 15) is 0 Å². The number of benzene rings is 2. The lowest BCUT2D eigenvalue weighted by Gasteiger charge is -2.18. The van der Waals surface area contributed by atoms with Crippen molar-refractivity contribution in [3.8, 4) is 11.8 Å². The molecule has 2 aromatic carbocycles. The van der Waals surface area contributed by atoms with Gasteiger partial charge in [-0.25, -0.2) is 0 Å². The molecule has 2 N–H and O–H groups in total. The van der Waals surface area contributed by atoms with Crippen LogP contribution in [0.2, 0.25) is 0 Å². The third kappa shape index (κ3) is 3.34. The minimum Gasteiger partial charge on any atom is -0.484 e. The summed E-state index contributed by atoms with van der Waals surface area (Å²) in [5.74, 6) is 0.662. The molecule has 0 heterocycles. The number of hydrogen-bond donors (Lipinski definition) is 1. The molecule has 0 aliphatic rings. The number of hydrogen-bond acceptors (Lipinski definition) is 3. The largest absolute Gasteiger partial charge is 0.484 e. The van der Waals surface area contributed by atoms with Crippen LogP contribution in [-0.4, -0.2) is 6.54 Å². The van der Waals surface area contributed by atoms with Crippen LogP contribution < -0.4 is 10.5 Å². The van der Waals surface area contributed by atoms with E-state index in [0.29, 0.717) is 17.9 Å². The first-order valence-corrected chi connectivity index (χ1v) is 6.16. The van der Waals surface area contributed by atoms with Crippen LogP contribution in [0.4, 0.5) is 0 Å². The molecule has 1 atom stereocenters. The first kappa shape index (κ1) is 13.1. The van der Waals surface area contributed by atoms with Crippen LogP contribution in [0.25, 0.3) is 0 Å². The molecule has 19 heavy (non-hydrogen) atoms. The highest BCUT2D eigenvalue weighted by Gasteiger charge is 2.11. The van der Waals surface area contributed by atoms with Gasteiger partial charge in [-0.05, 0) is 30.7 Å². The summed E-state index contributed by atoms with van der Waals surface area (Å²) in [5.41, 5.74) is 8.59. The van der Waals surface area contributed by atoms with Crippen LogP contribution in [0.3, 0.4) is 0 Å². The molecule has 96 valence electrons. The number of nitrogens with two attached hydrogens (primary N) is 1. The highest BCUT2D eigenvalue weighted by atomic mass is 16.5. The first-order valence-electron chi connectivity index (χ1n) is 6.16. The minimum absolute atomic E-state index is 0.199. The van der Waals surface area contributed by atoms with Crippen LogP contribution in [0.5, 0.6) is 5.75 Å². The second-order valence-electron chi connectivity index (χ2n) is 4.39. The quantitative estimate of drug-likeness (QED) is 0.910. The van der Waals surface area contributed by atoms with Crippen molar-refractivity contribution in [3.05, 3.63) is 65.2 Å². The van der Waals surface area contributed by atoms with E-state index in [4.69, 9.17) is 15.7 Å². The number of nitriles is 1. The summed E-state index contributed by atoms with van der Waals surface area (Å²) in [7, 11) is 0. The summed E-state index contributed by atoms with van der Waals surface area (Å²) in [4.78, 5) is 0. The van der Waals surface area contributed by atoms with Crippen molar-refractivity contribution in [1.82, 2.24) is 0 Å². The molecular weight excluding hydrogens is 236 g/mol. The summed E-state index contributed by atoms with van der Waals surface area (Å²) in [5, 5.41) is 8.87. The Hall–Kier alpha value is -2.31. The van der Waals surface area contributed by atoms with Gasteiger partial charge in [-0.1, -0.05) is 35.9 Å². The summed E-state index contributed by atoms with van der Waals surface area (Å²) in [6, 6.07) is 17.3. The van der Waals surface area contributed by atoms with Crippen LogP contribution in [0.1, 0.15) is 22.8 Å². The second kappa shape index (κ2) is 6.03. The molecule has 0 fully saturated rings. The van der Waals surface area contributed by atoms with Crippen LogP contribution in [0, 0.1) is 18.3 Å². The van der Waals surface area contributed by atoms with Gasteiger partial charge >= 0.3 is 0 Å². The summed E-state index contributed by atoms with van der Waals surface area (Å²) in [6.45, 7) is 2.43. The molecule has 0 radical (unpaired) electrons. The van der Waals surface area contributed by atoms with E-state index in [1.807, 2.05) is 37.3 Å². The van der Waals surface area contributed by atoms with Gasteiger partial charge < -0.3 is 10.5 Å². The van der Waals surface area contributed by atoms with E-state index >= 15 is 0 Å². The molecule has 0 bridgehead atoms. The van der Waals surface area contributed by atoms with Crippen molar-refractivity contribution in [2.75, 3.05) is 6.54 Å². The van der Waals surface area contributed by atoms with Gasteiger partial charge in [0.1, 0.15) is 11.9 Å². The Morgan fingerprint density at radius 2 is 1.95 bits per heavy atom. The van der Waals surface area contributed by atoms with E-state index in [2.05, 4.69) is 6.07 Å². The summed E-state index contributed by atoms with van der Waals surface area (Å²) in [6.07, 6.45) is -0.199. The maximum Gasteiger partial charge on any atom is 0.136 e. The molecule has 3 nitrogen and oxygen atoms in total. The molecule has 2 aromatic rings. The average Bonchev–Trinajstić information content (AvgIpc) is 2.46. The molecule has 0 amide bonds. The van der Waals surface area contributed by atoms with Gasteiger partial charge in [0.05, 0.1) is 11.6 Å². The van der Waals surface area contributed by atoms with Crippen molar-refractivity contribution < 1.29 is 4.74 Å². The van der Waals surface area contributed by atoms with Crippen molar-refractivity contribution >= 4 is 0 Å². The van der Waals surface area contributed by atoms with Gasteiger partial charge in [-0.3, -0.25) is 0 Å². The van der Waals surface area contributed by atoms with E-state index < -0.39 is 0 Å². The second-order valence-corrected chi connectivity index (χ2v) is 4.39. The van der Waals surface area contributed by atoms with Crippen LogP contribution >= 0.6 is 0 Å². The molecule has 2 rings (SSSR count). The molecule has 0 aliphatic carbocycles. The van der Waals surface area contributed by atoms with Crippen molar-refractivity contribution in [3.63, 3.8) is 0 Å². The molecule has 0 spiro atoms. The van der Waals surface area contributed by atoms with Crippen molar-refractivity contribution in [1.29, 1.82) is 5.26 Å². The number of aryl methyl sites for hydroxylation is 1. The molecule has 0 saturated heterocycles. The third-order valence-electron chi connectivity index (χ3n) is 2.90. The van der Waals surface area contributed by atoms with Gasteiger partial charge in [0.15, 0.2) is 0 Å². The smallest absolute Gasteiger partial charge is 0.136 e. The molecule has 0 saturated carbocycles. The number of ether oxygens (including phenoxy) is 1. The maximum atomic E-state index is 8.87. The fraction of sp³-hybridized carbons (Fsp3) is 0.188. The summed E-state index contributed by atoms with van der Waals surface area (Å²) >= 11 is 0. The fourth-order valence-corrected chi connectivity index (χ4v) is 1.84. The van der Waals surface area contributed by atoms with Crippen molar-refractivity contribution in [2.24, 2.45) is 5.73 Å². The third-order valence-corrected chi connectivity index (χ3v) is 2.90. The summed E-state index contributed by atoms with van der Waals surface area (Å²) < 4.78 is 5.86. The SMILES string of the molecule is Cc1ccc(C(CN)Oc2cccc(C#N)c2)cc1. The zero-order valence-electron chi connectivity index (χ0n) is 10.8. The highest BCUT2D eigenvalue weighted by molar-refractivity contribution is 5.36. The fourth-order valence-electron chi connectivity index (χ4n) is 1.84. The van der Waals surface area contributed by atoms with E-state index in [1.165, 1.54) is 5.56 Å². The Labute approximate surface area is 113 Å². The Kier molecular flexibility index (Phi) is 4.17. The minimum atomic E-state index is -0.199. The van der Waals surface area contributed by atoms with E-state index in [-0.39, 0.29) is 6.10 Å². The highest BCUT2D eigenvalue weighted by Crippen LogP contribution is 2.22. The van der Waals surface area contributed by atoms with Gasteiger partial charge in [-0.2, -0.15) is 5.26 Å². The Morgan fingerprint density at radius 1 is 1.21 bits per heavy atom. The zero-order chi connectivity index (χ0) is 13.7. The lowest BCUT2D eigenvalue weighted by atomic mass is 10.1. The Morgan fingerprint density at radius 3 is 2.58 bits per heavy atom. The van der Waals surface area contributed by atoms with E-state index in [0.717, 1.165) is 5.56 Å². The Balaban J connectivity index is 2.19. The predicted octanol–water partition coefficient (Wildman–Crippen LogP) is 2.95. The topological polar surface area (TPSA) is 59.0 Å². The molecule has 1 unspecified atom stereocenters. The molecule has 0 aromatic heterocycles. The monoisotopic (exact) mass is 252 g/mol. The van der Waals surface area contributed by atoms with Crippen molar-refractivity contribution in [2.45, 2.75) is 13.0 Å². The lowest BCUT2D eigenvalue weighted by Crippen LogP contribution is -2.18. The maximum absolute atomic E-state index is 8.87. The van der Waals surface area contributed by atoms with E-state index in [1.54, 1.807) is 18.2 Å². The van der Waals surface area contributed by atoms with Gasteiger partial charge in [-0.15, -0.1) is 0 Å². The number of rotatable bonds is 4. The molecule has 3 heteroatoms. The van der Waals surface area contributed by atoms with Gasteiger partial charge in [0.2, 0.25) is 0 Å². The molecule has 0 aliphatic heterocycles. The Bertz CT molecular complexity index is 584. The lowest BCUT2D eigenvalue weighted by molar-refractivity contribution is 0.214. The van der Waals surface area contributed by atoms with Crippen LogP contribution in [-0.2, 0) is 0 Å². The first-order chi connectivity index (χ1) is 9.22. The average molecular weight is 252 g/mol. The zero-order valence-corrected chi connectivity index (χ0v) is 10.8. The molecular formula is C16H16N2O. The standard InChI is InChI=1S/C16H16N2O/c1-12-5-7-14(8-6-12)16(11-18)19-15-4-2-3-13(9-15)10-17/h2-9,16H,11,18H2,1H3. The van der Waals surface area contributed by atoms with Crippen LogP contribution in [0.15, 0.2) is 48.5 Å². The predicted molar refractivity (Wildman–Crippen MR) is 74.8 cm³/mol. The van der Waals surface area contributed by atoms with Gasteiger partial charge in [0.25, 0.3) is 0 Å². The normalized spacial score (nSPS) is 11.6. The number of nitrogens with zero attached hydrogens (tertiary/aromatic N) is 1. The van der Waals surface area contributed by atoms with Gasteiger partial charge in [0, 0.05) is 6.54 Å².